The van der Waals surface area contributed by atoms with Gasteiger partial charge >= 0.3 is 6.09 Å². The van der Waals surface area contributed by atoms with Crippen LogP contribution in [-0.2, 0) is 4.74 Å². The molecule has 1 aromatic carbocycles. The predicted octanol–water partition coefficient (Wildman–Crippen LogP) is 3.27. The van der Waals surface area contributed by atoms with E-state index in [1.54, 1.807) is 0 Å². The van der Waals surface area contributed by atoms with Gasteiger partial charge in [-0.25, -0.2) is 4.79 Å². The molecule has 0 atom stereocenters. The Labute approximate surface area is 104 Å². The fourth-order valence-electron chi connectivity index (χ4n) is 2.14. The van der Waals surface area contributed by atoms with Gasteiger partial charge in [0.05, 0.1) is 12.6 Å². The summed E-state index contributed by atoms with van der Waals surface area (Å²) < 4.78 is 6.56. The van der Waals surface area contributed by atoms with E-state index in [0.29, 0.717) is 5.82 Å². The van der Waals surface area contributed by atoms with Crippen molar-refractivity contribution in [3.63, 3.8) is 0 Å². The quantitative estimate of drug-likeness (QED) is 0.709. The topological polar surface area (TPSA) is 42.7 Å². The van der Waals surface area contributed by atoms with Gasteiger partial charge in [0.2, 0.25) is 0 Å². The van der Waals surface area contributed by atoms with E-state index in [4.69, 9.17) is 0 Å². The Morgan fingerprint density at radius 3 is 2.89 bits per heavy atom. The van der Waals surface area contributed by atoms with Crippen LogP contribution in [0.25, 0.3) is 16.3 Å². The van der Waals surface area contributed by atoms with Crippen molar-refractivity contribution in [2.24, 2.45) is 0 Å². The summed E-state index contributed by atoms with van der Waals surface area (Å²) in [4.78, 5) is 11.3. The van der Waals surface area contributed by atoms with E-state index in [0.717, 1.165) is 16.3 Å². The number of nitrogens with one attached hydrogen (secondary N) is 1. The molecule has 1 amide bonds. The summed E-state index contributed by atoms with van der Waals surface area (Å²) in [6.45, 7) is 0. The van der Waals surface area contributed by atoms with Gasteiger partial charge in [0.1, 0.15) is 5.82 Å². The highest BCUT2D eigenvalue weighted by atomic mass is 16.5. The smallest absolute Gasteiger partial charge is 0.412 e. The molecule has 0 aliphatic carbocycles. The van der Waals surface area contributed by atoms with Gasteiger partial charge in [0, 0.05) is 11.6 Å². The number of carbonyl (C=O) groups is 1. The molecule has 0 radical (unpaired) electrons. The van der Waals surface area contributed by atoms with Gasteiger partial charge < -0.3 is 9.14 Å². The second-order valence-electron chi connectivity index (χ2n) is 4.00. The van der Waals surface area contributed by atoms with Crippen molar-refractivity contribution in [2.75, 3.05) is 12.4 Å². The van der Waals surface area contributed by atoms with Gasteiger partial charge in [-0.3, -0.25) is 5.32 Å². The second kappa shape index (κ2) is 4.07. The maximum absolute atomic E-state index is 11.3. The number of rotatable bonds is 1. The number of fused-ring (bicyclic) bond motifs is 3. The third-order valence-corrected chi connectivity index (χ3v) is 2.95. The van der Waals surface area contributed by atoms with Crippen LogP contribution in [-0.4, -0.2) is 17.6 Å². The summed E-state index contributed by atoms with van der Waals surface area (Å²) in [5.74, 6) is 0.695. The van der Waals surface area contributed by atoms with E-state index in [1.807, 2.05) is 47.0 Å². The number of pyridine rings is 1. The van der Waals surface area contributed by atoms with Gasteiger partial charge in [-0.2, -0.15) is 0 Å². The molecule has 18 heavy (non-hydrogen) atoms. The van der Waals surface area contributed by atoms with E-state index in [9.17, 15) is 4.79 Å². The fourth-order valence-corrected chi connectivity index (χ4v) is 2.14. The normalized spacial score (nSPS) is 10.7. The Morgan fingerprint density at radius 1 is 1.22 bits per heavy atom. The van der Waals surface area contributed by atoms with Crippen LogP contribution in [0.4, 0.5) is 10.6 Å². The molecule has 0 fully saturated rings. The Hall–Kier alpha value is -2.49. The molecule has 3 rings (SSSR count). The van der Waals surface area contributed by atoms with Crippen molar-refractivity contribution in [2.45, 2.75) is 0 Å². The minimum Gasteiger partial charge on any atom is -0.453 e. The van der Waals surface area contributed by atoms with Gasteiger partial charge in [-0.15, -0.1) is 0 Å². The summed E-state index contributed by atoms with van der Waals surface area (Å²) in [5, 5.41) is 4.94. The molecule has 2 aromatic heterocycles. The lowest BCUT2D eigenvalue weighted by Crippen LogP contribution is -2.13. The minimum absolute atomic E-state index is 0.472. The van der Waals surface area contributed by atoms with Crippen molar-refractivity contribution in [1.29, 1.82) is 0 Å². The first-order valence-corrected chi connectivity index (χ1v) is 5.63. The molecule has 4 heteroatoms. The standard InChI is InChI=1S/C14H12N2O2/c1-18-14(17)15-13-9-10-5-2-3-6-11(10)12-7-4-8-16(12)13/h2-9H,1H3,(H,15,17). The number of nitrogens with zero attached hydrogens (tertiary/aromatic N) is 1. The molecule has 0 aliphatic heterocycles. The molecule has 0 bridgehead atoms. The number of anilines is 1. The zero-order valence-electron chi connectivity index (χ0n) is 9.88. The number of ether oxygens (including phenoxy) is 1. The van der Waals surface area contributed by atoms with E-state index in [1.165, 1.54) is 7.11 Å². The fraction of sp³-hybridized carbons (Fsp3) is 0.0714. The first kappa shape index (κ1) is 10.7. The van der Waals surface area contributed by atoms with Crippen LogP contribution >= 0.6 is 0 Å². The summed E-state index contributed by atoms with van der Waals surface area (Å²) in [6, 6.07) is 14.0. The lowest BCUT2D eigenvalue weighted by atomic mass is 10.1. The zero-order valence-corrected chi connectivity index (χ0v) is 9.88. The molecule has 90 valence electrons. The zero-order chi connectivity index (χ0) is 12.5. The van der Waals surface area contributed by atoms with Crippen LogP contribution in [0.15, 0.2) is 48.7 Å². The molecular formula is C14H12N2O2. The summed E-state index contributed by atoms with van der Waals surface area (Å²) >= 11 is 0. The van der Waals surface area contributed by atoms with Crippen LogP contribution in [0, 0.1) is 0 Å². The minimum atomic E-state index is -0.472. The van der Waals surface area contributed by atoms with E-state index < -0.39 is 6.09 Å². The average Bonchev–Trinajstić information content (AvgIpc) is 2.88. The summed E-state index contributed by atoms with van der Waals surface area (Å²) in [6.07, 6.45) is 1.44. The highest BCUT2D eigenvalue weighted by Gasteiger charge is 2.08. The Kier molecular flexibility index (Phi) is 2.41. The number of methoxy groups -OCH3 is 1. The first-order valence-electron chi connectivity index (χ1n) is 5.63. The number of carbonyl (C=O) groups excluding carboxylic acids is 1. The van der Waals surface area contributed by atoms with Crippen LogP contribution in [0.1, 0.15) is 0 Å². The van der Waals surface area contributed by atoms with Crippen molar-refractivity contribution in [3.8, 4) is 0 Å². The molecule has 4 nitrogen and oxygen atoms in total. The van der Waals surface area contributed by atoms with Crippen LogP contribution in [0.2, 0.25) is 0 Å². The number of aromatic nitrogens is 1. The molecule has 0 saturated heterocycles. The van der Waals surface area contributed by atoms with Crippen molar-refractivity contribution < 1.29 is 9.53 Å². The molecule has 0 spiro atoms. The Bertz CT molecular complexity index is 731. The second-order valence-corrected chi connectivity index (χ2v) is 4.00. The Morgan fingerprint density at radius 2 is 2.06 bits per heavy atom. The Balaban J connectivity index is 2.28. The van der Waals surface area contributed by atoms with E-state index >= 15 is 0 Å². The highest BCUT2D eigenvalue weighted by molar-refractivity contribution is 5.99. The van der Waals surface area contributed by atoms with Crippen LogP contribution < -0.4 is 5.32 Å². The van der Waals surface area contributed by atoms with Crippen molar-refractivity contribution in [3.05, 3.63) is 48.7 Å². The molecule has 0 saturated carbocycles. The maximum atomic E-state index is 11.3. The third-order valence-electron chi connectivity index (χ3n) is 2.95. The lowest BCUT2D eigenvalue weighted by Gasteiger charge is -2.10. The predicted molar refractivity (Wildman–Crippen MR) is 70.9 cm³/mol. The van der Waals surface area contributed by atoms with E-state index in [-0.39, 0.29) is 0 Å². The first-order chi connectivity index (χ1) is 8.79. The largest absolute Gasteiger partial charge is 0.453 e. The van der Waals surface area contributed by atoms with Gasteiger partial charge in [-0.05, 0) is 23.6 Å². The molecule has 0 aliphatic rings. The monoisotopic (exact) mass is 240 g/mol. The van der Waals surface area contributed by atoms with Gasteiger partial charge in [0.15, 0.2) is 0 Å². The molecular weight excluding hydrogens is 228 g/mol. The molecule has 2 heterocycles. The van der Waals surface area contributed by atoms with Gasteiger partial charge in [-0.1, -0.05) is 24.3 Å². The number of benzene rings is 1. The number of hydrogen-bond acceptors (Lipinski definition) is 2. The number of amides is 1. The van der Waals surface area contributed by atoms with Crippen LogP contribution in [0.3, 0.4) is 0 Å². The SMILES string of the molecule is COC(=O)Nc1cc2ccccc2c2cccn12. The summed E-state index contributed by atoms with van der Waals surface area (Å²) in [5.41, 5.74) is 1.06. The lowest BCUT2D eigenvalue weighted by molar-refractivity contribution is 0.187. The summed E-state index contributed by atoms with van der Waals surface area (Å²) in [7, 11) is 1.35. The maximum Gasteiger partial charge on any atom is 0.412 e. The molecule has 0 unspecified atom stereocenters. The van der Waals surface area contributed by atoms with Crippen LogP contribution in [0.5, 0.6) is 0 Å². The third kappa shape index (κ3) is 1.59. The van der Waals surface area contributed by atoms with Gasteiger partial charge in [0.25, 0.3) is 0 Å². The van der Waals surface area contributed by atoms with Crippen molar-refractivity contribution >= 4 is 28.2 Å². The average molecular weight is 240 g/mol. The number of hydrogen-bond donors (Lipinski definition) is 1. The van der Waals surface area contributed by atoms with Crippen molar-refractivity contribution in [1.82, 2.24) is 4.40 Å². The molecule has 3 aromatic rings. The highest BCUT2D eigenvalue weighted by Crippen LogP contribution is 2.25. The molecule has 1 N–H and O–H groups in total. The van der Waals surface area contributed by atoms with E-state index in [2.05, 4.69) is 16.1 Å².